The number of thiophene rings is 1. The Bertz CT molecular complexity index is 582. The van der Waals surface area contributed by atoms with Crippen molar-refractivity contribution in [1.82, 2.24) is 0 Å². The average molecular weight is 296 g/mol. The first-order valence-electron chi connectivity index (χ1n) is 6.06. The fourth-order valence-electron chi connectivity index (χ4n) is 2.06. The van der Waals surface area contributed by atoms with Gasteiger partial charge in [0.2, 0.25) is 0 Å². The van der Waals surface area contributed by atoms with Gasteiger partial charge in [-0.2, -0.15) is 0 Å². The lowest BCUT2D eigenvalue weighted by Gasteiger charge is -2.10. The summed E-state index contributed by atoms with van der Waals surface area (Å²) >= 11 is 8.04. The Morgan fingerprint density at radius 3 is 2.74 bits per heavy atom. The number of nitro benzene ring substituents is 1. The molecule has 0 N–H and O–H groups in total. The molecule has 5 heteroatoms. The Labute approximate surface area is 121 Å². The highest BCUT2D eigenvalue weighted by molar-refractivity contribution is 7.10. The number of nitrogens with zero attached hydrogens (tertiary/aromatic N) is 1. The molecule has 2 aromatic rings. The predicted octanol–water partition coefficient (Wildman–Crippen LogP) is 4.74. The first-order valence-corrected chi connectivity index (χ1v) is 7.37. The van der Waals surface area contributed by atoms with Crippen LogP contribution in [0.25, 0.3) is 0 Å². The molecule has 100 valence electrons. The molecule has 0 fully saturated rings. The number of nitro groups is 1. The summed E-state index contributed by atoms with van der Waals surface area (Å²) in [5, 5.41) is 12.8. The lowest BCUT2D eigenvalue weighted by molar-refractivity contribution is -0.385. The molecule has 1 heterocycles. The standard InChI is InChI=1S/C14H14ClNO2S/c1-2-10-7-8-19-14(10)12(15)9-11-5-3-4-6-13(11)16(17)18/h3-8,12H,2,9H2,1H3. The van der Waals surface area contributed by atoms with Crippen LogP contribution in [-0.2, 0) is 12.8 Å². The van der Waals surface area contributed by atoms with Gasteiger partial charge in [-0.1, -0.05) is 25.1 Å². The number of benzene rings is 1. The topological polar surface area (TPSA) is 43.1 Å². The summed E-state index contributed by atoms with van der Waals surface area (Å²) in [5.74, 6) is 0. The number of aryl methyl sites for hydroxylation is 1. The minimum absolute atomic E-state index is 0.141. The van der Waals surface area contributed by atoms with E-state index in [1.807, 2.05) is 5.38 Å². The van der Waals surface area contributed by atoms with Crippen molar-refractivity contribution in [3.63, 3.8) is 0 Å². The summed E-state index contributed by atoms with van der Waals surface area (Å²) in [6.45, 7) is 2.08. The van der Waals surface area contributed by atoms with Crippen molar-refractivity contribution in [2.45, 2.75) is 25.1 Å². The van der Waals surface area contributed by atoms with E-state index < -0.39 is 0 Å². The summed E-state index contributed by atoms with van der Waals surface area (Å²) in [6, 6.07) is 8.84. The van der Waals surface area contributed by atoms with E-state index in [4.69, 9.17) is 11.6 Å². The van der Waals surface area contributed by atoms with Crippen LogP contribution in [-0.4, -0.2) is 4.92 Å². The van der Waals surface area contributed by atoms with Crippen LogP contribution >= 0.6 is 22.9 Å². The quantitative estimate of drug-likeness (QED) is 0.454. The zero-order valence-corrected chi connectivity index (χ0v) is 12.1. The third-order valence-electron chi connectivity index (χ3n) is 3.03. The monoisotopic (exact) mass is 295 g/mol. The highest BCUT2D eigenvalue weighted by Gasteiger charge is 2.19. The zero-order valence-electron chi connectivity index (χ0n) is 10.5. The van der Waals surface area contributed by atoms with Gasteiger partial charge in [-0.05, 0) is 23.4 Å². The lowest BCUT2D eigenvalue weighted by Crippen LogP contribution is -2.00. The lowest BCUT2D eigenvalue weighted by atomic mass is 10.0. The van der Waals surface area contributed by atoms with Crippen LogP contribution in [0, 0.1) is 10.1 Å². The first-order chi connectivity index (χ1) is 9.13. The molecule has 1 unspecified atom stereocenters. The van der Waals surface area contributed by atoms with E-state index in [1.165, 1.54) is 11.6 Å². The van der Waals surface area contributed by atoms with E-state index in [2.05, 4.69) is 13.0 Å². The molecule has 1 atom stereocenters. The smallest absolute Gasteiger partial charge is 0.258 e. The van der Waals surface area contributed by atoms with Crippen molar-refractivity contribution >= 4 is 28.6 Å². The molecule has 1 aromatic carbocycles. The second kappa shape index (κ2) is 6.17. The summed E-state index contributed by atoms with van der Waals surface area (Å²) in [7, 11) is 0. The second-order valence-corrected chi connectivity index (χ2v) is 5.70. The van der Waals surface area contributed by atoms with Gasteiger partial charge in [0.15, 0.2) is 0 Å². The molecule has 3 nitrogen and oxygen atoms in total. The van der Waals surface area contributed by atoms with E-state index in [0.717, 1.165) is 11.3 Å². The van der Waals surface area contributed by atoms with Gasteiger partial charge in [0, 0.05) is 22.9 Å². The third-order valence-corrected chi connectivity index (χ3v) is 4.61. The molecule has 0 radical (unpaired) electrons. The van der Waals surface area contributed by atoms with Gasteiger partial charge in [-0.25, -0.2) is 0 Å². The molecule has 0 aliphatic carbocycles. The normalized spacial score (nSPS) is 12.3. The molecule has 0 aliphatic rings. The van der Waals surface area contributed by atoms with Gasteiger partial charge >= 0.3 is 0 Å². The van der Waals surface area contributed by atoms with E-state index in [1.54, 1.807) is 29.5 Å². The van der Waals surface area contributed by atoms with Crippen LogP contribution < -0.4 is 0 Å². The van der Waals surface area contributed by atoms with Crippen molar-refractivity contribution in [3.8, 4) is 0 Å². The number of hydrogen-bond donors (Lipinski definition) is 0. The molecule has 0 spiro atoms. The Morgan fingerprint density at radius 1 is 1.32 bits per heavy atom. The Balaban J connectivity index is 2.24. The largest absolute Gasteiger partial charge is 0.272 e. The molecule has 0 amide bonds. The zero-order chi connectivity index (χ0) is 13.8. The van der Waals surface area contributed by atoms with E-state index in [0.29, 0.717) is 12.0 Å². The Hall–Kier alpha value is -1.39. The highest BCUT2D eigenvalue weighted by atomic mass is 35.5. The van der Waals surface area contributed by atoms with Crippen molar-refractivity contribution in [3.05, 3.63) is 61.8 Å². The van der Waals surface area contributed by atoms with Gasteiger partial charge in [-0.3, -0.25) is 10.1 Å². The minimum atomic E-state index is -0.353. The van der Waals surface area contributed by atoms with E-state index in [9.17, 15) is 10.1 Å². The molecule has 0 aliphatic heterocycles. The highest BCUT2D eigenvalue weighted by Crippen LogP contribution is 2.34. The number of hydrogen-bond acceptors (Lipinski definition) is 3. The van der Waals surface area contributed by atoms with Gasteiger partial charge in [-0.15, -0.1) is 22.9 Å². The summed E-state index contributed by atoms with van der Waals surface area (Å²) in [6.07, 6.45) is 1.41. The van der Waals surface area contributed by atoms with Crippen LogP contribution in [0.1, 0.15) is 28.3 Å². The molecular weight excluding hydrogens is 282 g/mol. The van der Waals surface area contributed by atoms with Gasteiger partial charge in [0.05, 0.1) is 10.3 Å². The molecule has 0 saturated heterocycles. The van der Waals surface area contributed by atoms with Gasteiger partial charge < -0.3 is 0 Å². The minimum Gasteiger partial charge on any atom is -0.258 e. The fraction of sp³-hybridized carbons (Fsp3) is 0.286. The maximum atomic E-state index is 11.0. The predicted molar refractivity (Wildman–Crippen MR) is 79.1 cm³/mol. The van der Waals surface area contributed by atoms with Gasteiger partial charge in [0.25, 0.3) is 5.69 Å². The Morgan fingerprint density at radius 2 is 2.05 bits per heavy atom. The molecule has 19 heavy (non-hydrogen) atoms. The molecule has 1 aromatic heterocycles. The summed E-state index contributed by atoms with van der Waals surface area (Å²) < 4.78 is 0. The molecule has 0 bridgehead atoms. The average Bonchev–Trinajstić information content (AvgIpc) is 2.87. The van der Waals surface area contributed by atoms with Gasteiger partial charge in [0.1, 0.15) is 0 Å². The number of alkyl halides is 1. The summed E-state index contributed by atoms with van der Waals surface area (Å²) in [5.41, 5.74) is 2.05. The van der Waals surface area contributed by atoms with Crippen LogP contribution in [0.5, 0.6) is 0 Å². The fourth-order valence-corrected chi connectivity index (χ4v) is 3.50. The van der Waals surface area contributed by atoms with E-state index >= 15 is 0 Å². The molecule has 0 saturated carbocycles. The SMILES string of the molecule is CCc1ccsc1C(Cl)Cc1ccccc1[N+](=O)[O-]. The number of rotatable bonds is 5. The van der Waals surface area contributed by atoms with Crippen LogP contribution in [0.15, 0.2) is 35.7 Å². The maximum absolute atomic E-state index is 11.0. The molecule has 2 rings (SSSR count). The second-order valence-electron chi connectivity index (χ2n) is 4.22. The van der Waals surface area contributed by atoms with Crippen LogP contribution in [0.3, 0.4) is 0 Å². The Kier molecular flexibility index (Phi) is 4.56. The van der Waals surface area contributed by atoms with Crippen LogP contribution in [0.2, 0.25) is 0 Å². The van der Waals surface area contributed by atoms with Crippen molar-refractivity contribution in [2.75, 3.05) is 0 Å². The van der Waals surface area contributed by atoms with Crippen molar-refractivity contribution in [2.24, 2.45) is 0 Å². The van der Waals surface area contributed by atoms with Crippen molar-refractivity contribution in [1.29, 1.82) is 0 Å². The summed E-state index contributed by atoms with van der Waals surface area (Å²) in [4.78, 5) is 11.7. The van der Waals surface area contributed by atoms with Crippen molar-refractivity contribution < 1.29 is 4.92 Å². The third kappa shape index (κ3) is 3.14. The maximum Gasteiger partial charge on any atom is 0.272 e. The van der Waals surface area contributed by atoms with Crippen LogP contribution in [0.4, 0.5) is 5.69 Å². The van der Waals surface area contributed by atoms with E-state index in [-0.39, 0.29) is 16.0 Å². The first kappa shape index (κ1) is 14.0. The number of halogens is 1. The molecular formula is C14H14ClNO2S. The number of para-hydroxylation sites is 1.